The van der Waals surface area contributed by atoms with Crippen LogP contribution in [-0.2, 0) is 16.1 Å². The van der Waals surface area contributed by atoms with Crippen LogP contribution in [0.4, 0.5) is 22.4 Å². The molecule has 0 atom stereocenters. The Balaban J connectivity index is 1.49. The van der Waals surface area contributed by atoms with Gasteiger partial charge >= 0.3 is 6.18 Å². The molecule has 6 nitrogen and oxygen atoms in total. The zero-order valence-corrected chi connectivity index (χ0v) is 17.8. The lowest BCUT2D eigenvalue weighted by Gasteiger charge is -2.13. The molecule has 3 rings (SSSR count). The Kier molecular flexibility index (Phi) is 7.88. The Morgan fingerprint density at radius 1 is 1.09 bits per heavy atom. The van der Waals surface area contributed by atoms with Crippen molar-refractivity contribution >= 4 is 34.9 Å². The summed E-state index contributed by atoms with van der Waals surface area (Å²) in [4.78, 5) is 37.9. The third kappa shape index (κ3) is 6.90. The van der Waals surface area contributed by atoms with Crippen molar-refractivity contribution in [3.63, 3.8) is 0 Å². The van der Waals surface area contributed by atoms with Gasteiger partial charge < -0.3 is 10.1 Å². The van der Waals surface area contributed by atoms with Crippen LogP contribution in [0.2, 0.25) is 0 Å². The molecule has 2 aromatic rings. The zero-order valence-electron chi connectivity index (χ0n) is 17.0. The van der Waals surface area contributed by atoms with E-state index in [1.54, 1.807) is 6.07 Å². The number of carbonyl (C=O) groups is 3. The van der Waals surface area contributed by atoms with Crippen molar-refractivity contribution in [3.05, 3.63) is 75.9 Å². The van der Waals surface area contributed by atoms with Gasteiger partial charge in [-0.2, -0.15) is 13.2 Å². The molecular formula is C22H18F4N2O4S. The number of rotatable bonds is 8. The molecule has 1 fully saturated rings. The molecule has 11 heteroatoms. The summed E-state index contributed by atoms with van der Waals surface area (Å²) in [6.07, 6.45) is -3.11. The highest BCUT2D eigenvalue weighted by atomic mass is 32.2. The highest BCUT2D eigenvalue weighted by molar-refractivity contribution is 8.18. The molecule has 1 N–H and O–H groups in total. The predicted octanol–water partition coefficient (Wildman–Crippen LogP) is 4.37. The summed E-state index contributed by atoms with van der Waals surface area (Å²) >= 11 is 0.687. The number of alkyl halides is 3. The van der Waals surface area contributed by atoms with Crippen molar-refractivity contribution in [1.82, 2.24) is 10.2 Å². The third-order valence-electron chi connectivity index (χ3n) is 4.44. The largest absolute Gasteiger partial charge is 0.411 e. The Morgan fingerprint density at radius 2 is 1.79 bits per heavy atom. The van der Waals surface area contributed by atoms with Crippen molar-refractivity contribution in [2.24, 2.45) is 0 Å². The Hall–Kier alpha value is -3.18. The van der Waals surface area contributed by atoms with Crippen molar-refractivity contribution in [3.8, 4) is 0 Å². The van der Waals surface area contributed by atoms with Gasteiger partial charge in [-0.1, -0.05) is 30.3 Å². The van der Waals surface area contributed by atoms with E-state index in [4.69, 9.17) is 0 Å². The summed E-state index contributed by atoms with van der Waals surface area (Å²) in [6.45, 7) is -1.70. The summed E-state index contributed by atoms with van der Waals surface area (Å²) in [5.74, 6) is -1.58. The Labute approximate surface area is 190 Å². The smallest absolute Gasteiger partial charge is 0.367 e. The molecular weight excluding hydrogens is 464 g/mol. The molecule has 2 aromatic carbocycles. The molecule has 1 heterocycles. The SMILES string of the molecule is O=C(NCCN1C(=O)S/C(=C\c2ccccc2F)C1=O)c1ccc(COCC(F)(F)F)cc1. The highest BCUT2D eigenvalue weighted by Crippen LogP contribution is 2.32. The Morgan fingerprint density at radius 3 is 2.45 bits per heavy atom. The van der Waals surface area contributed by atoms with E-state index in [9.17, 15) is 31.9 Å². The summed E-state index contributed by atoms with van der Waals surface area (Å²) in [6, 6.07) is 11.6. The first-order valence-electron chi connectivity index (χ1n) is 9.65. The first-order chi connectivity index (χ1) is 15.6. The number of nitrogens with one attached hydrogen (secondary N) is 1. The third-order valence-corrected chi connectivity index (χ3v) is 5.34. The molecule has 33 heavy (non-hydrogen) atoms. The van der Waals surface area contributed by atoms with Crippen LogP contribution < -0.4 is 5.32 Å². The maximum atomic E-state index is 13.8. The summed E-state index contributed by atoms with van der Waals surface area (Å²) in [5, 5.41) is 2.04. The second-order valence-corrected chi connectivity index (χ2v) is 7.91. The fourth-order valence-electron chi connectivity index (χ4n) is 2.85. The summed E-state index contributed by atoms with van der Waals surface area (Å²) < 4.78 is 54.6. The minimum Gasteiger partial charge on any atom is -0.367 e. The van der Waals surface area contributed by atoms with Crippen LogP contribution in [-0.4, -0.2) is 47.8 Å². The van der Waals surface area contributed by atoms with Crippen LogP contribution in [0.1, 0.15) is 21.5 Å². The van der Waals surface area contributed by atoms with E-state index >= 15 is 0 Å². The van der Waals surface area contributed by atoms with Gasteiger partial charge in [0.05, 0.1) is 11.5 Å². The maximum absolute atomic E-state index is 13.8. The van der Waals surface area contributed by atoms with Gasteiger partial charge in [-0.05, 0) is 41.6 Å². The van der Waals surface area contributed by atoms with Gasteiger partial charge in [0.2, 0.25) is 0 Å². The van der Waals surface area contributed by atoms with Gasteiger partial charge in [-0.15, -0.1) is 0 Å². The number of halogens is 4. The predicted molar refractivity (Wildman–Crippen MR) is 114 cm³/mol. The maximum Gasteiger partial charge on any atom is 0.411 e. The number of carbonyl (C=O) groups excluding carboxylic acids is 3. The lowest BCUT2D eigenvalue weighted by Crippen LogP contribution is -2.37. The number of nitrogens with zero attached hydrogens (tertiary/aromatic N) is 1. The quantitative estimate of drug-likeness (QED) is 0.447. The van der Waals surface area contributed by atoms with Gasteiger partial charge in [-0.25, -0.2) is 4.39 Å². The molecule has 0 unspecified atom stereocenters. The molecule has 1 saturated heterocycles. The number of benzene rings is 2. The second-order valence-electron chi connectivity index (χ2n) is 6.92. The van der Waals surface area contributed by atoms with Gasteiger partial charge in [0, 0.05) is 24.2 Å². The number of amides is 3. The van der Waals surface area contributed by atoms with Gasteiger partial charge in [0.1, 0.15) is 12.4 Å². The molecule has 0 radical (unpaired) electrons. The fourth-order valence-corrected chi connectivity index (χ4v) is 3.70. The molecule has 0 aromatic heterocycles. The minimum absolute atomic E-state index is 0.0136. The van der Waals surface area contributed by atoms with Crippen LogP contribution in [0.25, 0.3) is 6.08 Å². The topological polar surface area (TPSA) is 75.7 Å². The van der Waals surface area contributed by atoms with Gasteiger partial charge in [0.25, 0.3) is 17.1 Å². The van der Waals surface area contributed by atoms with E-state index in [1.807, 2.05) is 0 Å². The minimum atomic E-state index is -4.41. The lowest BCUT2D eigenvalue weighted by atomic mass is 10.1. The van der Waals surface area contributed by atoms with E-state index < -0.39 is 35.7 Å². The number of thioether (sulfide) groups is 1. The molecule has 174 valence electrons. The summed E-state index contributed by atoms with van der Waals surface area (Å²) in [5.41, 5.74) is 0.905. The molecule has 3 amide bonds. The van der Waals surface area contributed by atoms with Crippen LogP contribution in [0.3, 0.4) is 0 Å². The van der Waals surface area contributed by atoms with E-state index in [0.717, 1.165) is 4.90 Å². The van der Waals surface area contributed by atoms with Crippen molar-refractivity contribution < 1.29 is 36.7 Å². The average Bonchev–Trinajstić information content (AvgIpc) is 3.02. The van der Waals surface area contributed by atoms with Crippen LogP contribution >= 0.6 is 11.8 Å². The Bertz CT molecular complexity index is 1070. The fraction of sp³-hybridized carbons (Fsp3) is 0.227. The molecule has 0 bridgehead atoms. The molecule has 0 saturated carbocycles. The zero-order chi connectivity index (χ0) is 24.0. The van der Waals surface area contributed by atoms with Crippen molar-refractivity contribution in [1.29, 1.82) is 0 Å². The number of ether oxygens (including phenoxy) is 1. The molecule has 1 aliphatic rings. The average molecular weight is 482 g/mol. The second kappa shape index (κ2) is 10.6. The first kappa shape index (κ1) is 24.5. The monoisotopic (exact) mass is 482 g/mol. The van der Waals surface area contributed by atoms with E-state index in [2.05, 4.69) is 10.1 Å². The lowest BCUT2D eigenvalue weighted by molar-refractivity contribution is -0.176. The normalized spacial score (nSPS) is 15.4. The number of hydrogen-bond donors (Lipinski definition) is 1. The standard InChI is InChI=1S/C22H18F4N2O4S/c23-17-4-2-1-3-16(17)11-18-20(30)28(21(31)33-18)10-9-27-19(29)15-7-5-14(6-8-15)12-32-13-22(24,25)26/h1-8,11H,9-10,12-13H2,(H,27,29)/b18-11-. The molecule has 0 aliphatic carbocycles. The number of hydrogen-bond acceptors (Lipinski definition) is 5. The van der Waals surface area contributed by atoms with E-state index in [0.29, 0.717) is 17.3 Å². The van der Waals surface area contributed by atoms with Gasteiger partial charge in [0.15, 0.2) is 0 Å². The molecule has 0 spiro atoms. The van der Waals surface area contributed by atoms with Crippen LogP contribution in [0, 0.1) is 5.82 Å². The highest BCUT2D eigenvalue weighted by Gasteiger charge is 2.34. The van der Waals surface area contributed by atoms with Crippen molar-refractivity contribution in [2.75, 3.05) is 19.7 Å². The number of imide groups is 1. The summed E-state index contributed by atoms with van der Waals surface area (Å²) in [7, 11) is 0. The van der Waals surface area contributed by atoms with Gasteiger partial charge in [-0.3, -0.25) is 19.3 Å². The van der Waals surface area contributed by atoms with E-state index in [-0.39, 0.29) is 35.7 Å². The van der Waals surface area contributed by atoms with Crippen LogP contribution in [0.5, 0.6) is 0 Å². The van der Waals surface area contributed by atoms with Crippen LogP contribution in [0.15, 0.2) is 53.4 Å². The molecule has 1 aliphatic heterocycles. The first-order valence-corrected chi connectivity index (χ1v) is 10.5. The van der Waals surface area contributed by atoms with Crippen molar-refractivity contribution in [2.45, 2.75) is 12.8 Å². The van der Waals surface area contributed by atoms with E-state index in [1.165, 1.54) is 48.5 Å².